The first-order valence-electron chi connectivity index (χ1n) is 7.83. The van der Waals surface area contributed by atoms with Gasteiger partial charge in [0.2, 0.25) is 0 Å². The first-order chi connectivity index (χ1) is 12.1. The molecule has 2 N–H and O–H groups in total. The molecule has 0 unspecified atom stereocenters. The standard InChI is InChI=1S/C20H19NO4/c1-15-13-16(10-11-18(15)19(22)23)7-5-6-12-21-20(24)25-14-17-8-3-2-4-9-17/h2-4,8-11,13H,6,12,14H2,1H3,(H,21,24)(H,22,23). The number of hydrogen-bond acceptors (Lipinski definition) is 3. The van der Waals surface area contributed by atoms with Crippen LogP contribution < -0.4 is 5.32 Å². The molecule has 2 rings (SSSR count). The second kappa shape index (κ2) is 9.14. The summed E-state index contributed by atoms with van der Waals surface area (Å²) in [5.41, 5.74) is 2.61. The monoisotopic (exact) mass is 337 g/mol. The summed E-state index contributed by atoms with van der Waals surface area (Å²) in [6, 6.07) is 14.4. The van der Waals surface area contributed by atoms with Crippen LogP contribution in [0.2, 0.25) is 0 Å². The summed E-state index contributed by atoms with van der Waals surface area (Å²) in [6.45, 7) is 2.35. The number of carboxylic acids is 1. The Morgan fingerprint density at radius 2 is 1.92 bits per heavy atom. The first kappa shape index (κ1) is 18.1. The molecule has 5 heteroatoms. The van der Waals surface area contributed by atoms with Gasteiger partial charge in [0.15, 0.2) is 0 Å². The molecule has 2 aromatic rings. The van der Waals surface area contributed by atoms with Gasteiger partial charge in [0, 0.05) is 18.5 Å². The normalized spacial score (nSPS) is 9.64. The predicted octanol–water partition coefficient (Wildman–Crippen LogP) is 3.36. The summed E-state index contributed by atoms with van der Waals surface area (Å²) in [4.78, 5) is 22.5. The van der Waals surface area contributed by atoms with E-state index in [0.717, 1.165) is 11.1 Å². The van der Waals surface area contributed by atoms with Crippen molar-refractivity contribution in [3.05, 3.63) is 70.8 Å². The Morgan fingerprint density at radius 1 is 1.16 bits per heavy atom. The molecule has 0 fully saturated rings. The highest BCUT2D eigenvalue weighted by atomic mass is 16.5. The lowest BCUT2D eigenvalue weighted by Crippen LogP contribution is -2.24. The van der Waals surface area contributed by atoms with Crippen molar-refractivity contribution in [2.24, 2.45) is 0 Å². The SMILES string of the molecule is Cc1cc(C#CCCNC(=O)OCc2ccccc2)ccc1C(=O)O. The number of carbonyl (C=O) groups is 2. The lowest BCUT2D eigenvalue weighted by Gasteiger charge is -2.05. The van der Waals surface area contributed by atoms with E-state index in [9.17, 15) is 9.59 Å². The van der Waals surface area contributed by atoms with Crippen molar-refractivity contribution < 1.29 is 19.4 Å². The molecule has 0 bridgehead atoms. The number of benzene rings is 2. The summed E-state index contributed by atoms with van der Waals surface area (Å²) in [6.07, 6.45) is -0.00696. The van der Waals surface area contributed by atoms with E-state index >= 15 is 0 Å². The van der Waals surface area contributed by atoms with Crippen LogP contribution in [-0.2, 0) is 11.3 Å². The van der Waals surface area contributed by atoms with Crippen molar-refractivity contribution in [2.75, 3.05) is 6.54 Å². The molecule has 0 heterocycles. The third kappa shape index (κ3) is 6.04. The van der Waals surface area contributed by atoms with Gasteiger partial charge in [-0.3, -0.25) is 0 Å². The molecule has 0 radical (unpaired) electrons. The van der Waals surface area contributed by atoms with Crippen molar-refractivity contribution in [1.29, 1.82) is 0 Å². The number of alkyl carbamates (subject to hydrolysis) is 1. The number of hydrogen-bond donors (Lipinski definition) is 2. The summed E-state index contributed by atoms with van der Waals surface area (Å²) in [5.74, 6) is 4.94. The molecule has 1 amide bonds. The third-order valence-electron chi connectivity index (χ3n) is 3.42. The van der Waals surface area contributed by atoms with Crippen molar-refractivity contribution in [3.8, 4) is 11.8 Å². The molecule has 0 aliphatic rings. The van der Waals surface area contributed by atoms with E-state index < -0.39 is 12.1 Å². The quantitative estimate of drug-likeness (QED) is 0.648. The molecule has 0 aliphatic heterocycles. The average Bonchev–Trinajstić information content (AvgIpc) is 2.60. The summed E-state index contributed by atoms with van der Waals surface area (Å²) >= 11 is 0. The van der Waals surface area contributed by atoms with Crippen molar-refractivity contribution >= 4 is 12.1 Å². The molecule has 0 aliphatic carbocycles. The zero-order valence-corrected chi connectivity index (χ0v) is 13.9. The molecule has 2 aromatic carbocycles. The van der Waals surface area contributed by atoms with Crippen LogP contribution in [0.15, 0.2) is 48.5 Å². The first-order valence-corrected chi connectivity index (χ1v) is 7.83. The Hall–Kier alpha value is -3.26. The van der Waals surface area contributed by atoms with E-state index in [1.54, 1.807) is 25.1 Å². The zero-order chi connectivity index (χ0) is 18.1. The van der Waals surface area contributed by atoms with Gasteiger partial charge in [-0.2, -0.15) is 0 Å². The third-order valence-corrected chi connectivity index (χ3v) is 3.42. The van der Waals surface area contributed by atoms with Crippen LogP contribution in [0.3, 0.4) is 0 Å². The minimum atomic E-state index is -0.949. The number of amides is 1. The van der Waals surface area contributed by atoms with E-state index in [-0.39, 0.29) is 12.2 Å². The Labute approximate surface area is 146 Å². The van der Waals surface area contributed by atoms with Crippen molar-refractivity contribution in [3.63, 3.8) is 0 Å². The number of aryl methyl sites for hydroxylation is 1. The number of nitrogens with one attached hydrogen (secondary N) is 1. The number of carboxylic acid groups (broad SMARTS) is 1. The van der Waals surface area contributed by atoms with Crippen LogP contribution in [0, 0.1) is 18.8 Å². The van der Waals surface area contributed by atoms with Gasteiger partial charge in [0.1, 0.15) is 6.61 Å². The van der Waals surface area contributed by atoms with E-state index in [4.69, 9.17) is 9.84 Å². The maximum Gasteiger partial charge on any atom is 0.407 e. The van der Waals surface area contributed by atoms with E-state index in [1.807, 2.05) is 30.3 Å². The Balaban J connectivity index is 1.72. The fraction of sp³-hybridized carbons (Fsp3) is 0.200. The highest BCUT2D eigenvalue weighted by Gasteiger charge is 2.06. The largest absolute Gasteiger partial charge is 0.478 e. The molecule has 0 spiro atoms. The lowest BCUT2D eigenvalue weighted by atomic mass is 10.1. The Bertz CT molecular complexity index is 803. The molecular formula is C20H19NO4. The maximum absolute atomic E-state index is 11.6. The van der Waals surface area contributed by atoms with Crippen LogP contribution in [0.5, 0.6) is 0 Å². The van der Waals surface area contributed by atoms with Crippen LogP contribution in [0.1, 0.15) is 33.5 Å². The fourth-order valence-corrected chi connectivity index (χ4v) is 2.15. The van der Waals surface area contributed by atoms with E-state index in [2.05, 4.69) is 17.2 Å². The maximum atomic E-state index is 11.6. The van der Waals surface area contributed by atoms with Crippen molar-refractivity contribution in [2.45, 2.75) is 20.0 Å². The summed E-state index contributed by atoms with van der Waals surface area (Å²) in [5, 5.41) is 11.6. The predicted molar refractivity (Wildman–Crippen MR) is 94.3 cm³/mol. The summed E-state index contributed by atoms with van der Waals surface area (Å²) < 4.78 is 5.09. The number of rotatable bonds is 5. The molecule has 5 nitrogen and oxygen atoms in total. The van der Waals surface area contributed by atoms with Gasteiger partial charge in [-0.25, -0.2) is 9.59 Å². The minimum Gasteiger partial charge on any atom is -0.478 e. The van der Waals surface area contributed by atoms with Gasteiger partial charge >= 0.3 is 12.1 Å². The molecule has 0 aromatic heterocycles. The molecular weight excluding hydrogens is 318 g/mol. The second-order valence-electron chi connectivity index (χ2n) is 5.38. The fourth-order valence-electron chi connectivity index (χ4n) is 2.15. The summed E-state index contributed by atoms with van der Waals surface area (Å²) in [7, 11) is 0. The van der Waals surface area contributed by atoms with Gasteiger partial charge in [0.05, 0.1) is 5.56 Å². The van der Waals surface area contributed by atoms with Gasteiger partial charge in [-0.1, -0.05) is 42.2 Å². The molecule has 0 saturated carbocycles. The molecule has 0 saturated heterocycles. The zero-order valence-electron chi connectivity index (χ0n) is 13.9. The van der Waals surface area contributed by atoms with Gasteiger partial charge in [0.25, 0.3) is 0 Å². The van der Waals surface area contributed by atoms with Gasteiger partial charge < -0.3 is 15.2 Å². The minimum absolute atomic E-state index is 0.230. The molecule has 25 heavy (non-hydrogen) atoms. The topological polar surface area (TPSA) is 75.6 Å². The Morgan fingerprint density at radius 3 is 2.60 bits per heavy atom. The van der Waals surface area contributed by atoms with Crippen LogP contribution >= 0.6 is 0 Å². The lowest BCUT2D eigenvalue weighted by molar-refractivity contribution is 0.0696. The highest BCUT2D eigenvalue weighted by Crippen LogP contribution is 2.10. The van der Waals surface area contributed by atoms with Crippen molar-refractivity contribution in [1.82, 2.24) is 5.32 Å². The second-order valence-corrected chi connectivity index (χ2v) is 5.38. The number of ether oxygens (including phenoxy) is 1. The van der Waals surface area contributed by atoms with Crippen LogP contribution in [-0.4, -0.2) is 23.7 Å². The number of aromatic carboxylic acids is 1. The Kier molecular flexibility index (Phi) is 6.61. The van der Waals surface area contributed by atoms with Gasteiger partial charge in [-0.05, 0) is 36.2 Å². The van der Waals surface area contributed by atoms with Crippen LogP contribution in [0.4, 0.5) is 4.79 Å². The smallest absolute Gasteiger partial charge is 0.407 e. The van der Waals surface area contributed by atoms with Gasteiger partial charge in [-0.15, -0.1) is 0 Å². The molecule has 0 atom stereocenters. The number of carbonyl (C=O) groups excluding carboxylic acids is 1. The van der Waals surface area contributed by atoms with Crippen LogP contribution in [0.25, 0.3) is 0 Å². The average molecular weight is 337 g/mol. The van der Waals surface area contributed by atoms with E-state index in [0.29, 0.717) is 18.5 Å². The highest BCUT2D eigenvalue weighted by molar-refractivity contribution is 5.89. The van der Waals surface area contributed by atoms with E-state index in [1.165, 1.54) is 0 Å². The molecule has 128 valence electrons.